The third kappa shape index (κ3) is 4.65. The summed E-state index contributed by atoms with van der Waals surface area (Å²) in [7, 11) is 1.61. The number of allylic oxidation sites excluding steroid dienone is 1. The zero-order valence-corrected chi connectivity index (χ0v) is 18.6. The van der Waals surface area contributed by atoms with Crippen LogP contribution in [0.5, 0.6) is 0 Å². The number of nitrogens with zero attached hydrogens (tertiary/aromatic N) is 4. The van der Waals surface area contributed by atoms with Crippen molar-refractivity contribution in [2.75, 3.05) is 21.9 Å². The van der Waals surface area contributed by atoms with Crippen LogP contribution in [0.3, 0.4) is 0 Å². The van der Waals surface area contributed by atoms with Gasteiger partial charge in [0.15, 0.2) is 0 Å². The van der Waals surface area contributed by atoms with Crippen LogP contribution in [0.25, 0.3) is 0 Å². The first-order chi connectivity index (χ1) is 13.1. The SMILES string of the molecule is CNC(=O)CC1=C[CH]=[In][N]1n1c(C)cnc(NCCc2ccccn2)c1=O. The van der Waals surface area contributed by atoms with Crippen molar-refractivity contribution >= 4 is 38.2 Å². The molecule has 0 fully saturated rings. The van der Waals surface area contributed by atoms with Gasteiger partial charge in [-0.25, -0.2) is 0 Å². The fraction of sp³-hybridized carbons (Fsp3) is 0.278. The van der Waals surface area contributed by atoms with Gasteiger partial charge in [-0.05, 0) is 0 Å². The van der Waals surface area contributed by atoms with Crippen molar-refractivity contribution in [2.45, 2.75) is 19.8 Å². The predicted octanol–water partition coefficient (Wildman–Crippen LogP) is -0.00568. The number of carbonyl (C=O) groups is 1. The van der Waals surface area contributed by atoms with Crippen LogP contribution in [0.15, 0.2) is 47.2 Å². The Morgan fingerprint density at radius 1 is 1.30 bits per heavy atom. The molecule has 0 spiro atoms. The molecule has 0 radical (unpaired) electrons. The van der Waals surface area contributed by atoms with Crippen LogP contribution in [-0.2, 0) is 11.2 Å². The Balaban J connectivity index is 1.77. The van der Waals surface area contributed by atoms with E-state index in [2.05, 4.69) is 24.4 Å². The van der Waals surface area contributed by atoms with Gasteiger partial charge in [-0.1, -0.05) is 0 Å². The number of hydrogen-bond donors (Lipinski definition) is 2. The summed E-state index contributed by atoms with van der Waals surface area (Å²) in [6, 6.07) is 5.77. The summed E-state index contributed by atoms with van der Waals surface area (Å²) in [5, 5.41) is 5.75. The fourth-order valence-electron chi connectivity index (χ4n) is 2.77. The molecule has 27 heavy (non-hydrogen) atoms. The van der Waals surface area contributed by atoms with Gasteiger partial charge in [0.1, 0.15) is 0 Å². The average Bonchev–Trinajstić information content (AvgIpc) is 3.12. The fourth-order valence-corrected chi connectivity index (χ4v) is 6.37. The van der Waals surface area contributed by atoms with Crippen LogP contribution in [-0.4, -0.2) is 60.6 Å². The van der Waals surface area contributed by atoms with Crippen LogP contribution < -0.4 is 19.2 Å². The Bertz CT molecular complexity index is 939. The Labute approximate surface area is 168 Å². The van der Waals surface area contributed by atoms with Crippen LogP contribution in [0.2, 0.25) is 0 Å². The maximum atomic E-state index is 13.0. The second kappa shape index (κ2) is 8.98. The van der Waals surface area contributed by atoms with Crippen molar-refractivity contribution in [3.63, 3.8) is 0 Å². The molecule has 9 heteroatoms. The van der Waals surface area contributed by atoms with Crippen molar-refractivity contribution in [3.05, 3.63) is 64.1 Å². The van der Waals surface area contributed by atoms with Crippen LogP contribution in [0.4, 0.5) is 5.82 Å². The van der Waals surface area contributed by atoms with Gasteiger partial charge < -0.3 is 0 Å². The first kappa shape index (κ1) is 19.3. The summed E-state index contributed by atoms with van der Waals surface area (Å²) in [4.78, 5) is 33.3. The molecule has 1 amide bonds. The maximum absolute atomic E-state index is 13.0. The summed E-state index contributed by atoms with van der Waals surface area (Å²) >= 11 is -1.33. The van der Waals surface area contributed by atoms with E-state index in [0.29, 0.717) is 18.8 Å². The summed E-state index contributed by atoms with van der Waals surface area (Å²) < 4.78 is 5.76. The van der Waals surface area contributed by atoms with Crippen molar-refractivity contribution < 1.29 is 4.79 Å². The van der Waals surface area contributed by atoms with E-state index in [9.17, 15) is 9.59 Å². The Morgan fingerprint density at radius 3 is 2.89 bits per heavy atom. The summed E-state index contributed by atoms with van der Waals surface area (Å²) in [5.41, 5.74) is 2.36. The van der Waals surface area contributed by atoms with Crippen LogP contribution in [0.1, 0.15) is 17.8 Å². The third-order valence-electron chi connectivity index (χ3n) is 4.16. The third-order valence-corrected chi connectivity index (χ3v) is 7.61. The average molecular weight is 468 g/mol. The second-order valence-corrected chi connectivity index (χ2v) is 9.40. The molecule has 3 rings (SSSR count). The van der Waals surface area contributed by atoms with E-state index in [1.807, 2.05) is 34.2 Å². The van der Waals surface area contributed by atoms with Gasteiger partial charge in [0.05, 0.1) is 0 Å². The monoisotopic (exact) mass is 468 g/mol. The number of amides is 1. The summed E-state index contributed by atoms with van der Waals surface area (Å²) in [6.07, 6.45) is 6.35. The zero-order valence-electron chi connectivity index (χ0n) is 15.3. The van der Waals surface area contributed by atoms with Crippen molar-refractivity contribution in [1.29, 1.82) is 0 Å². The molecule has 0 saturated carbocycles. The Kier molecular flexibility index (Phi) is 6.44. The summed E-state index contributed by atoms with van der Waals surface area (Å²) in [6.45, 7) is 2.42. The van der Waals surface area contributed by atoms with E-state index in [1.165, 1.54) is 0 Å². The molecule has 2 aromatic heterocycles. The van der Waals surface area contributed by atoms with Crippen LogP contribution in [0, 0.1) is 6.92 Å². The number of pyridine rings is 1. The number of hydrogen-bond acceptors (Lipinski definition) is 6. The van der Waals surface area contributed by atoms with Gasteiger partial charge in [-0.15, -0.1) is 0 Å². The van der Waals surface area contributed by atoms with Gasteiger partial charge in [0, 0.05) is 0 Å². The van der Waals surface area contributed by atoms with Crippen molar-refractivity contribution in [2.24, 2.45) is 0 Å². The number of aryl methyl sites for hydroxylation is 1. The van der Waals surface area contributed by atoms with Gasteiger partial charge in [-0.2, -0.15) is 0 Å². The number of aromatic nitrogens is 3. The van der Waals surface area contributed by atoms with Gasteiger partial charge in [0.25, 0.3) is 0 Å². The molecule has 2 aromatic rings. The zero-order chi connectivity index (χ0) is 19.2. The van der Waals surface area contributed by atoms with Gasteiger partial charge in [0.2, 0.25) is 0 Å². The number of carbonyl (C=O) groups excluding carboxylic acids is 1. The topological polar surface area (TPSA) is 92.2 Å². The predicted molar refractivity (Wildman–Crippen MR) is 106 cm³/mol. The molecular weight excluding hydrogens is 447 g/mol. The van der Waals surface area contributed by atoms with Gasteiger partial charge in [-0.3, -0.25) is 0 Å². The molecule has 0 saturated heterocycles. The quantitative estimate of drug-likeness (QED) is 0.595. The molecule has 3 heterocycles. The number of rotatable bonds is 7. The van der Waals surface area contributed by atoms with Gasteiger partial charge >= 0.3 is 169 Å². The molecule has 0 atom stereocenters. The first-order valence-electron chi connectivity index (χ1n) is 8.70. The number of anilines is 1. The molecule has 8 nitrogen and oxygen atoms in total. The normalized spacial score (nSPS) is 12.5. The molecule has 0 bridgehead atoms. The minimum atomic E-state index is -1.33. The molecule has 0 aromatic carbocycles. The van der Waals surface area contributed by atoms with E-state index in [0.717, 1.165) is 17.1 Å². The van der Waals surface area contributed by atoms with E-state index < -0.39 is 22.7 Å². The van der Waals surface area contributed by atoms with E-state index in [1.54, 1.807) is 24.1 Å². The first-order valence-corrected chi connectivity index (χ1v) is 12.1. The number of nitrogens with one attached hydrogen (secondary N) is 2. The van der Waals surface area contributed by atoms with Crippen molar-refractivity contribution in [3.8, 4) is 0 Å². The van der Waals surface area contributed by atoms with Crippen LogP contribution >= 0.6 is 0 Å². The van der Waals surface area contributed by atoms with E-state index in [4.69, 9.17) is 0 Å². The van der Waals surface area contributed by atoms with E-state index in [-0.39, 0.29) is 17.9 Å². The van der Waals surface area contributed by atoms with E-state index >= 15 is 0 Å². The molecule has 1 aliphatic rings. The molecule has 0 unspecified atom stereocenters. The molecule has 0 aliphatic carbocycles. The van der Waals surface area contributed by atoms with Crippen molar-refractivity contribution in [1.82, 2.24) is 20.0 Å². The molecule has 2 N–H and O–H groups in total. The minimum absolute atomic E-state index is 0.0714. The molecule has 138 valence electrons. The second-order valence-electron chi connectivity index (χ2n) is 6.06. The molecular formula is C18H21InN6O2. The Morgan fingerprint density at radius 2 is 2.15 bits per heavy atom. The standard InChI is InChI=1S/C18H21N6O2.In/c1-4-14(11-16(25)19-3)23-24-13(2)12-22-17(18(24)26)21-10-8-15-7-5-6-9-20-15;/h1,4-7,9,12H,8,10-11H2,2-3H3,(H,19,25)(H,21,22);/q-1;+1. The summed E-state index contributed by atoms with van der Waals surface area (Å²) in [5.74, 6) is 0.239. The Hall–Kier alpha value is -2.42. The molecule has 1 aliphatic heterocycles.